The number of para-hydroxylation sites is 1. The van der Waals surface area contributed by atoms with Crippen molar-refractivity contribution >= 4 is 27.3 Å². The molecule has 0 atom stereocenters. The highest BCUT2D eigenvalue weighted by molar-refractivity contribution is 7.92. The number of hydrogen-bond acceptors (Lipinski definition) is 4. The summed E-state index contributed by atoms with van der Waals surface area (Å²) in [5.41, 5.74) is 2.33. The Morgan fingerprint density at radius 3 is 2.68 bits per heavy atom. The molecule has 28 heavy (non-hydrogen) atoms. The van der Waals surface area contributed by atoms with Crippen LogP contribution in [0.25, 0.3) is 0 Å². The molecule has 0 aliphatic carbocycles. The summed E-state index contributed by atoms with van der Waals surface area (Å²) in [6, 6.07) is 15.8. The molecule has 0 fully saturated rings. The molecule has 0 radical (unpaired) electrons. The fraction of sp³-hybridized carbons (Fsp3) is 0.200. The Hall–Kier alpha value is -3.13. The maximum atomic E-state index is 12.7. The molecule has 3 rings (SSSR count). The lowest BCUT2D eigenvalue weighted by molar-refractivity contribution is 0.102. The van der Waals surface area contributed by atoms with Crippen LogP contribution in [0.15, 0.2) is 67.0 Å². The average Bonchev–Trinajstić information content (AvgIpc) is 3.16. The van der Waals surface area contributed by atoms with Gasteiger partial charge in [-0.25, -0.2) is 8.42 Å². The van der Waals surface area contributed by atoms with Crippen LogP contribution >= 0.6 is 0 Å². The van der Waals surface area contributed by atoms with Crippen molar-refractivity contribution in [2.75, 3.05) is 15.8 Å². The van der Waals surface area contributed by atoms with Gasteiger partial charge in [0.05, 0.1) is 12.3 Å². The van der Waals surface area contributed by atoms with E-state index in [1.165, 1.54) is 6.07 Å². The van der Waals surface area contributed by atoms with Crippen LogP contribution in [0.2, 0.25) is 0 Å². The lowest BCUT2D eigenvalue weighted by atomic mass is 10.1. The monoisotopic (exact) mass is 398 g/mol. The predicted molar refractivity (Wildman–Crippen MR) is 110 cm³/mol. The number of hydrogen-bond donors (Lipinski definition) is 2. The number of amides is 1. The zero-order valence-corrected chi connectivity index (χ0v) is 16.3. The molecular weight excluding hydrogens is 376 g/mol. The molecule has 2 N–H and O–H groups in total. The first kappa shape index (κ1) is 19.6. The van der Waals surface area contributed by atoms with E-state index in [1.54, 1.807) is 36.0 Å². The zero-order valence-electron chi connectivity index (χ0n) is 15.5. The highest BCUT2D eigenvalue weighted by atomic mass is 32.2. The first-order chi connectivity index (χ1) is 13.5. The molecule has 1 heterocycles. The van der Waals surface area contributed by atoms with Crippen LogP contribution in [-0.4, -0.2) is 29.9 Å². The Labute approximate surface area is 164 Å². The molecule has 146 valence electrons. The minimum absolute atomic E-state index is 0.0320. The van der Waals surface area contributed by atoms with Gasteiger partial charge in [0.1, 0.15) is 0 Å². The van der Waals surface area contributed by atoms with Crippen LogP contribution < -0.4 is 10.0 Å². The molecule has 0 saturated carbocycles. The number of benzene rings is 2. The number of aromatic nitrogens is 2. The van der Waals surface area contributed by atoms with Gasteiger partial charge in [-0.3, -0.25) is 14.2 Å². The molecule has 0 spiro atoms. The Morgan fingerprint density at radius 2 is 1.93 bits per heavy atom. The Bertz CT molecular complexity index is 1050. The maximum absolute atomic E-state index is 12.7. The molecule has 1 amide bonds. The van der Waals surface area contributed by atoms with E-state index in [1.807, 2.05) is 36.5 Å². The number of carbonyl (C=O) groups is 1. The summed E-state index contributed by atoms with van der Waals surface area (Å²) in [4.78, 5) is 12.7. The first-order valence-corrected chi connectivity index (χ1v) is 10.6. The van der Waals surface area contributed by atoms with Gasteiger partial charge < -0.3 is 5.32 Å². The van der Waals surface area contributed by atoms with Crippen molar-refractivity contribution in [3.8, 4) is 0 Å². The summed E-state index contributed by atoms with van der Waals surface area (Å²) in [5.74, 6) is -0.283. The highest BCUT2D eigenvalue weighted by Crippen LogP contribution is 2.19. The summed E-state index contributed by atoms with van der Waals surface area (Å²) in [6.07, 6.45) is 4.07. The molecule has 2 aromatic carbocycles. The molecule has 1 aromatic heterocycles. The largest absolute Gasteiger partial charge is 0.322 e. The third kappa shape index (κ3) is 5.20. The quantitative estimate of drug-likeness (QED) is 0.609. The van der Waals surface area contributed by atoms with E-state index in [0.717, 1.165) is 5.56 Å². The van der Waals surface area contributed by atoms with E-state index in [2.05, 4.69) is 15.1 Å². The van der Waals surface area contributed by atoms with Crippen LogP contribution in [0.1, 0.15) is 29.3 Å². The molecule has 0 aliphatic heterocycles. The minimum Gasteiger partial charge on any atom is -0.322 e. The second-order valence-electron chi connectivity index (χ2n) is 6.32. The Kier molecular flexibility index (Phi) is 6.10. The lowest BCUT2D eigenvalue weighted by Crippen LogP contribution is -2.17. The normalized spacial score (nSPS) is 11.2. The fourth-order valence-electron chi connectivity index (χ4n) is 2.77. The van der Waals surface area contributed by atoms with Gasteiger partial charge in [0.2, 0.25) is 10.0 Å². The highest BCUT2D eigenvalue weighted by Gasteiger charge is 2.13. The van der Waals surface area contributed by atoms with E-state index < -0.39 is 10.0 Å². The van der Waals surface area contributed by atoms with Gasteiger partial charge in [0, 0.05) is 29.3 Å². The molecule has 0 unspecified atom stereocenters. The van der Waals surface area contributed by atoms with Gasteiger partial charge in [0.15, 0.2) is 0 Å². The third-order valence-corrected chi connectivity index (χ3v) is 5.52. The third-order valence-electron chi connectivity index (χ3n) is 4.03. The Balaban J connectivity index is 1.76. The van der Waals surface area contributed by atoms with Gasteiger partial charge in [-0.05, 0) is 42.3 Å². The van der Waals surface area contributed by atoms with Crippen molar-refractivity contribution < 1.29 is 13.2 Å². The van der Waals surface area contributed by atoms with Gasteiger partial charge in [-0.2, -0.15) is 5.10 Å². The second kappa shape index (κ2) is 8.71. The summed E-state index contributed by atoms with van der Waals surface area (Å²) >= 11 is 0. The second-order valence-corrected chi connectivity index (χ2v) is 8.16. The maximum Gasteiger partial charge on any atom is 0.255 e. The van der Waals surface area contributed by atoms with Gasteiger partial charge in [-0.15, -0.1) is 0 Å². The Morgan fingerprint density at radius 1 is 1.11 bits per heavy atom. The van der Waals surface area contributed by atoms with E-state index in [4.69, 9.17) is 0 Å². The summed E-state index contributed by atoms with van der Waals surface area (Å²) in [6.45, 7) is 2.32. The average molecular weight is 398 g/mol. The van der Waals surface area contributed by atoms with E-state index >= 15 is 0 Å². The SMILES string of the molecule is CCCS(=O)(=O)Nc1cccc(C(=O)Nc2ccccc2Cn2cccn2)c1. The number of nitrogens with zero attached hydrogens (tertiary/aromatic N) is 2. The molecule has 8 heteroatoms. The number of sulfonamides is 1. The molecular formula is C20H22N4O3S. The van der Waals surface area contributed by atoms with Gasteiger partial charge >= 0.3 is 0 Å². The lowest BCUT2D eigenvalue weighted by Gasteiger charge is -2.12. The molecule has 0 saturated heterocycles. The number of anilines is 2. The van der Waals surface area contributed by atoms with Crippen molar-refractivity contribution in [2.24, 2.45) is 0 Å². The molecule has 3 aromatic rings. The summed E-state index contributed by atoms with van der Waals surface area (Å²) < 4.78 is 28.2. The van der Waals surface area contributed by atoms with Crippen LogP contribution in [0, 0.1) is 0 Å². The summed E-state index contributed by atoms with van der Waals surface area (Å²) in [7, 11) is -3.41. The van der Waals surface area contributed by atoms with Crippen LogP contribution in [-0.2, 0) is 16.6 Å². The smallest absolute Gasteiger partial charge is 0.255 e. The van der Waals surface area contributed by atoms with Crippen molar-refractivity contribution in [3.05, 3.63) is 78.1 Å². The van der Waals surface area contributed by atoms with Crippen LogP contribution in [0.4, 0.5) is 11.4 Å². The van der Waals surface area contributed by atoms with E-state index in [0.29, 0.717) is 29.9 Å². The number of nitrogens with one attached hydrogen (secondary N) is 2. The molecule has 7 nitrogen and oxygen atoms in total. The van der Waals surface area contributed by atoms with E-state index in [-0.39, 0.29) is 11.7 Å². The van der Waals surface area contributed by atoms with Crippen molar-refractivity contribution in [2.45, 2.75) is 19.9 Å². The standard InChI is InChI=1S/C20H22N4O3S/c1-2-13-28(26,27)23-18-9-5-8-16(14-18)20(25)22-19-10-4-3-7-17(19)15-24-12-6-11-21-24/h3-12,14,23H,2,13,15H2,1H3,(H,22,25). The van der Waals surface area contributed by atoms with E-state index in [9.17, 15) is 13.2 Å². The summed E-state index contributed by atoms with van der Waals surface area (Å²) in [5, 5.41) is 7.09. The van der Waals surface area contributed by atoms with Crippen LogP contribution in [0.3, 0.4) is 0 Å². The molecule has 0 aliphatic rings. The first-order valence-electron chi connectivity index (χ1n) is 8.94. The fourth-order valence-corrected chi connectivity index (χ4v) is 3.89. The zero-order chi connectivity index (χ0) is 20.0. The molecule has 0 bridgehead atoms. The topological polar surface area (TPSA) is 93.1 Å². The number of rotatable bonds is 8. The van der Waals surface area contributed by atoms with Gasteiger partial charge in [-0.1, -0.05) is 31.2 Å². The van der Waals surface area contributed by atoms with Crippen molar-refractivity contribution in [1.29, 1.82) is 0 Å². The van der Waals surface area contributed by atoms with Gasteiger partial charge in [0.25, 0.3) is 5.91 Å². The van der Waals surface area contributed by atoms with Crippen molar-refractivity contribution in [1.82, 2.24) is 9.78 Å². The minimum atomic E-state index is -3.41. The van der Waals surface area contributed by atoms with Crippen LogP contribution in [0.5, 0.6) is 0 Å². The number of carbonyl (C=O) groups excluding carboxylic acids is 1. The van der Waals surface area contributed by atoms with Crippen molar-refractivity contribution in [3.63, 3.8) is 0 Å². The predicted octanol–water partition coefficient (Wildman–Crippen LogP) is 3.34.